The molecule has 3 aromatic rings. The highest BCUT2D eigenvalue weighted by Gasteiger charge is 2.53. The highest BCUT2D eigenvalue weighted by atomic mass is 32.1. The average molecular weight is 444 g/mol. The minimum Gasteiger partial charge on any atom is -0.462 e. The number of nitrogens with zero attached hydrogens (tertiary/aromatic N) is 1. The molecule has 0 bridgehead atoms. The van der Waals surface area contributed by atoms with Gasteiger partial charge in [-0.05, 0) is 78.8 Å². The lowest BCUT2D eigenvalue weighted by Gasteiger charge is -2.45. The predicted octanol–water partition coefficient (Wildman–Crippen LogP) is 6.98. The van der Waals surface area contributed by atoms with Crippen molar-refractivity contribution in [1.82, 2.24) is 4.98 Å². The van der Waals surface area contributed by atoms with E-state index in [1.807, 2.05) is 0 Å². The lowest BCUT2D eigenvalue weighted by atomic mass is 9.57. The fourth-order valence-electron chi connectivity index (χ4n) is 6.63. The van der Waals surface area contributed by atoms with Crippen LogP contribution in [0, 0.1) is 29.6 Å². The summed E-state index contributed by atoms with van der Waals surface area (Å²) in [7, 11) is 0. The van der Waals surface area contributed by atoms with Crippen LogP contribution in [0.2, 0.25) is 0 Å². The van der Waals surface area contributed by atoms with E-state index in [1.54, 1.807) is 11.3 Å². The molecule has 1 saturated heterocycles. The Hall–Kier alpha value is -2.46. The number of hydrogen-bond donors (Lipinski definition) is 0. The third kappa shape index (κ3) is 3.49. The van der Waals surface area contributed by atoms with Crippen molar-refractivity contribution in [2.24, 2.45) is 29.6 Å². The number of carbonyl (C=O) groups is 1. The second kappa shape index (κ2) is 8.15. The van der Waals surface area contributed by atoms with Crippen LogP contribution in [-0.4, -0.2) is 17.1 Å². The molecule has 0 N–H and O–H groups in total. The summed E-state index contributed by atoms with van der Waals surface area (Å²) >= 11 is 1.76. The normalized spacial score (nSPS) is 32.1. The standard InChI is InChI=1S/C28H29NO2S/c1-17-27-23(22-6-3-2-5-18(22)16-24(27)28(30)31-17)12-11-21-10-8-19-15-20(9-13-25(19)29-21)26-7-4-14-32-26/h4,7-15,17-18,22-24,27H,2-3,5-6,16H2,1H3/b12-11+/t17-,18+,22-,23+,24-,27+/m1/s1. The number of benzene rings is 1. The van der Waals surface area contributed by atoms with Crippen molar-refractivity contribution < 1.29 is 9.53 Å². The first-order valence-corrected chi connectivity index (χ1v) is 12.9. The number of carbonyl (C=O) groups excluding carboxylic acids is 1. The van der Waals surface area contributed by atoms with Crippen molar-refractivity contribution in [3.8, 4) is 10.4 Å². The van der Waals surface area contributed by atoms with Gasteiger partial charge >= 0.3 is 5.97 Å². The average Bonchev–Trinajstić information content (AvgIpc) is 3.45. The van der Waals surface area contributed by atoms with Crippen molar-refractivity contribution in [3.63, 3.8) is 0 Å². The molecule has 3 heterocycles. The summed E-state index contributed by atoms with van der Waals surface area (Å²) in [5.41, 5.74) is 3.26. The quantitative estimate of drug-likeness (QED) is 0.410. The van der Waals surface area contributed by atoms with E-state index in [-0.39, 0.29) is 18.0 Å². The minimum absolute atomic E-state index is 0.0188. The maximum Gasteiger partial charge on any atom is 0.309 e. The van der Waals surface area contributed by atoms with Crippen molar-refractivity contribution in [3.05, 3.63) is 59.6 Å². The third-order valence-electron chi connectivity index (χ3n) is 8.08. The number of allylic oxidation sites excluding steroid dienone is 1. The lowest BCUT2D eigenvalue weighted by molar-refractivity contribution is -0.144. The van der Waals surface area contributed by atoms with E-state index in [2.05, 4.69) is 66.9 Å². The molecule has 0 radical (unpaired) electrons. The topological polar surface area (TPSA) is 39.2 Å². The van der Waals surface area contributed by atoms with Gasteiger partial charge in [0.25, 0.3) is 0 Å². The monoisotopic (exact) mass is 443 g/mol. The molecule has 6 rings (SSSR count). The molecule has 164 valence electrons. The molecule has 4 heteroatoms. The minimum atomic E-state index is 0.0188. The van der Waals surface area contributed by atoms with E-state index < -0.39 is 0 Å². The summed E-state index contributed by atoms with van der Waals surface area (Å²) in [6.07, 6.45) is 10.8. The van der Waals surface area contributed by atoms with E-state index in [1.165, 1.54) is 41.5 Å². The molecular weight excluding hydrogens is 414 g/mol. The Bertz CT molecular complexity index is 1170. The smallest absolute Gasteiger partial charge is 0.309 e. The zero-order valence-corrected chi connectivity index (χ0v) is 19.3. The molecule has 0 unspecified atom stereocenters. The van der Waals surface area contributed by atoms with Gasteiger partial charge in [0.05, 0.1) is 17.1 Å². The van der Waals surface area contributed by atoms with E-state index in [9.17, 15) is 4.79 Å². The fraction of sp³-hybridized carbons (Fsp3) is 0.429. The maximum atomic E-state index is 12.5. The van der Waals surface area contributed by atoms with Gasteiger partial charge in [-0.2, -0.15) is 0 Å². The molecule has 2 saturated carbocycles. The number of thiophene rings is 1. The van der Waals surface area contributed by atoms with Crippen molar-refractivity contribution in [2.45, 2.75) is 45.1 Å². The third-order valence-corrected chi connectivity index (χ3v) is 9.00. The van der Waals surface area contributed by atoms with Crippen LogP contribution >= 0.6 is 11.3 Å². The highest BCUT2D eigenvalue weighted by Crippen LogP contribution is 2.53. The molecule has 6 atom stereocenters. The number of aromatic nitrogens is 1. The SMILES string of the molecule is C[C@H]1OC(=O)[C@@H]2C[C@@H]3CCCC[C@H]3[C@H](/C=C/c3ccc4cc(-c5cccs5)ccc4n3)[C@H]12. The van der Waals surface area contributed by atoms with E-state index >= 15 is 0 Å². The van der Waals surface area contributed by atoms with Crippen molar-refractivity contribution in [1.29, 1.82) is 0 Å². The predicted molar refractivity (Wildman–Crippen MR) is 130 cm³/mol. The molecule has 1 aromatic carbocycles. The highest BCUT2D eigenvalue weighted by molar-refractivity contribution is 7.13. The lowest BCUT2D eigenvalue weighted by Crippen LogP contribution is -2.42. The molecule has 3 nitrogen and oxygen atoms in total. The zero-order valence-electron chi connectivity index (χ0n) is 18.4. The molecular formula is C28H29NO2S. The molecule has 2 aliphatic carbocycles. The summed E-state index contributed by atoms with van der Waals surface area (Å²) in [5, 5.41) is 3.28. The molecule has 3 aliphatic rings. The Labute approximate surface area is 193 Å². The van der Waals surface area contributed by atoms with Crippen LogP contribution in [0.4, 0.5) is 0 Å². The van der Waals surface area contributed by atoms with Gasteiger partial charge in [0, 0.05) is 16.2 Å². The van der Waals surface area contributed by atoms with E-state index in [4.69, 9.17) is 9.72 Å². The summed E-state index contributed by atoms with van der Waals surface area (Å²) in [4.78, 5) is 18.7. The second-order valence-electron chi connectivity index (χ2n) is 9.83. The van der Waals surface area contributed by atoms with Crippen LogP contribution in [0.3, 0.4) is 0 Å². The van der Waals surface area contributed by atoms with Crippen LogP contribution < -0.4 is 0 Å². The van der Waals surface area contributed by atoms with Crippen molar-refractivity contribution in [2.75, 3.05) is 0 Å². The van der Waals surface area contributed by atoms with Crippen LogP contribution in [0.1, 0.15) is 44.7 Å². The molecule has 0 spiro atoms. The Kier molecular flexibility index (Phi) is 5.14. The van der Waals surface area contributed by atoms with Gasteiger partial charge in [-0.25, -0.2) is 4.98 Å². The Morgan fingerprint density at radius 1 is 1.12 bits per heavy atom. The number of fused-ring (bicyclic) bond motifs is 3. The van der Waals surface area contributed by atoms with Gasteiger partial charge in [0.15, 0.2) is 0 Å². The Balaban J connectivity index is 1.30. The van der Waals surface area contributed by atoms with Gasteiger partial charge < -0.3 is 4.74 Å². The first-order valence-electron chi connectivity index (χ1n) is 12.0. The largest absolute Gasteiger partial charge is 0.462 e. The molecule has 1 aliphatic heterocycles. The number of rotatable bonds is 3. The summed E-state index contributed by atoms with van der Waals surface area (Å²) in [5.74, 6) is 2.17. The van der Waals surface area contributed by atoms with Crippen molar-refractivity contribution >= 4 is 34.3 Å². The van der Waals surface area contributed by atoms with Crippen LogP contribution in [0.15, 0.2) is 53.9 Å². The van der Waals surface area contributed by atoms with E-state index in [0.29, 0.717) is 23.7 Å². The summed E-state index contributed by atoms with van der Waals surface area (Å²) < 4.78 is 5.71. The maximum absolute atomic E-state index is 12.5. The summed E-state index contributed by atoms with van der Waals surface area (Å²) in [6, 6.07) is 15.1. The fourth-order valence-corrected chi connectivity index (χ4v) is 7.35. The Morgan fingerprint density at radius 2 is 2.03 bits per heavy atom. The van der Waals surface area contributed by atoms with E-state index in [0.717, 1.165) is 17.6 Å². The number of ether oxygens (including phenoxy) is 1. The number of pyridine rings is 1. The van der Waals surface area contributed by atoms with Gasteiger partial charge in [0.1, 0.15) is 6.10 Å². The van der Waals surface area contributed by atoms with Crippen LogP contribution in [0.25, 0.3) is 27.4 Å². The molecule has 3 fully saturated rings. The van der Waals surface area contributed by atoms with Gasteiger partial charge in [-0.3, -0.25) is 4.79 Å². The van der Waals surface area contributed by atoms with Crippen LogP contribution in [-0.2, 0) is 9.53 Å². The first-order chi connectivity index (χ1) is 15.7. The molecule has 0 amide bonds. The number of cyclic esters (lactones) is 1. The van der Waals surface area contributed by atoms with Gasteiger partial charge in [0.2, 0.25) is 0 Å². The number of hydrogen-bond acceptors (Lipinski definition) is 4. The first kappa shape index (κ1) is 20.2. The van der Waals surface area contributed by atoms with Gasteiger partial charge in [-0.15, -0.1) is 11.3 Å². The second-order valence-corrected chi connectivity index (χ2v) is 10.8. The zero-order chi connectivity index (χ0) is 21.7. The number of esters is 1. The molecule has 2 aromatic heterocycles. The molecule has 32 heavy (non-hydrogen) atoms. The van der Waals surface area contributed by atoms with Gasteiger partial charge in [-0.1, -0.05) is 43.5 Å². The van der Waals surface area contributed by atoms with Crippen LogP contribution in [0.5, 0.6) is 0 Å². The summed E-state index contributed by atoms with van der Waals surface area (Å²) in [6.45, 7) is 2.09. The Morgan fingerprint density at radius 3 is 2.91 bits per heavy atom.